The molecule has 1 aliphatic rings. The van der Waals surface area contributed by atoms with Crippen molar-refractivity contribution in [3.05, 3.63) is 42.0 Å². The zero-order chi connectivity index (χ0) is 19.6. The Bertz CT molecular complexity index is 921. The van der Waals surface area contributed by atoms with Crippen molar-refractivity contribution in [3.63, 3.8) is 0 Å². The number of carbonyl (C=O) groups excluding carboxylic acids is 1. The number of methoxy groups -OCH3 is 2. The molecule has 9 heteroatoms. The van der Waals surface area contributed by atoms with Gasteiger partial charge in [-0.3, -0.25) is 4.79 Å². The van der Waals surface area contributed by atoms with Crippen LogP contribution in [0.2, 0.25) is 0 Å². The molecule has 0 N–H and O–H groups in total. The Morgan fingerprint density at radius 3 is 2.56 bits per heavy atom. The molecule has 0 saturated carbocycles. The van der Waals surface area contributed by atoms with Crippen LogP contribution in [-0.2, 0) is 39.1 Å². The molecule has 146 valence electrons. The van der Waals surface area contributed by atoms with Crippen molar-refractivity contribution in [2.75, 3.05) is 14.2 Å². The largest absolute Gasteiger partial charge is 0.497 e. The van der Waals surface area contributed by atoms with E-state index in [1.165, 1.54) is 30.7 Å². The Balaban J connectivity index is 2.03. The minimum absolute atomic E-state index is 0.0729. The van der Waals surface area contributed by atoms with E-state index in [1.807, 2.05) is 11.5 Å². The van der Waals surface area contributed by atoms with Gasteiger partial charge in [-0.25, -0.2) is 13.4 Å². The number of fused-ring (bicyclic) bond motifs is 1. The third kappa shape index (κ3) is 3.57. The zero-order valence-electron chi connectivity index (χ0n) is 15.6. The highest BCUT2D eigenvalue weighted by Crippen LogP contribution is 2.30. The van der Waals surface area contributed by atoms with Gasteiger partial charge in [0.15, 0.2) is 0 Å². The van der Waals surface area contributed by atoms with Crippen LogP contribution in [-0.4, -0.2) is 48.5 Å². The van der Waals surface area contributed by atoms with Crippen LogP contribution in [0.5, 0.6) is 5.75 Å². The molecule has 2 heterocycles. The summed E-state index contributed by atoms with van der Waals surface area (Å²) in [4.78, 5) is 16.8. The summed E-state index contributed by atoms with van der Waals surface area (Å²) in [6.45, 7) is 2.85. The molecule has 0 radical (unpaired) electrons. The number of carbonyl (C=O) groups is 1. The monoisotopic (exact) mass is 393 g/mol. The summed E-state index contributed by atoms with van der Waals surface area (Å²) in [6.07, 6.45) is 2.79. The van der Waals surface area contributed by atoms with E-state index in [0.29, 0.717) is 5.75 Å². The van der Waals surface area contributed by atoms with Gasteiger partial charge < -0.3 is 14.0 Å². The van der Waals surface area contributed by atoms with Gasteiger partial charge in [0.2, 0.25) is 10.0 Å². The van der Waals surface area contributed by atoms with Crippen LogP contribution in [0.3, 0.4) is 0 Å². The molecule has 0 saturated heterocycles. The van der Waals surface area contributed by atoms with Crippen molar-refractivity contribution in [2.45, 2.75) is 43.8 Å². The fraction of sp³-hybridized carbons (Fsp3) is 0.444. The lowest BCUT2D eigenvalue weighted by atomic mass is 10.1. The summed E-state index contributed by atoms with van der Waals surface area (Å²) in [5.74, 6) is -0.0387. The lowest BCUT2D eigenvalue weighted by Crippen LogP contribution is -2.49. The maximum Gasteiger partial charge on any atom is 0.324 e. The summed E-state index contributed by atoms with van der Waals surface area (Å²) in [6, 6.07) is 5.16. The molecule has 0 spiro atoms. The van der Waals surface area contributed by atoms with Gasteiger partial charge in [-0.2, -0.15) is 4.31 Å². The number of rotatable bonds is 6. The minimum atomic E-state index is -3.91. The molecule has 1 aromatic heterocycles. The highest BCUT2D eigenvalue weighted by molar-refractivity contribution is 7.89. The fourth-order valence-electron chi connectivity index (χ4n) is 3.25. The second-order valence-electron chi connectivity index (χ2n) is 6.30. The summed E-state index contributed by atoms with van der Waals surface area (Å²) in [5.41, 5.74) is 1.55. The van der Waals surface area contributed by atoms with Gasteiger partial charge in [-0.1, -0.05) is 6.92 Å². The van der Waals surface area contributed by atoms with E-state index < -0.39 is 22.0 Å². The summed E-state index contributed by atoms with van der Waals surface area (Å²) >= 11 is 0. The molecule has 1 unspecified atom stereocenters. The number of aromatic nitrogens is 2. The van der Waals surface area contributed by atoms with E-state index >= 15 is 0 Å². The number of esters is 1. The number of ether oxygens (including phenoxy) is 2. The molecule has 1 atom stereocenters. The van der Waals surface area contributed by atoms with Gasteiger partial charge in [-0.05, 0) is 30.7 Å². The first-order valence-corrected chi connectivity index (χ1v) is 10.1. The number of hydrogen-bond donors (Lipinski definition) is 0. The molecule has 0 amide bonds. The smallest absolute Gasteiger partial charge is 0.324 e. The van der Waals surface area contributed by atoms with Crippen molar-refractivity contribution in [1.29, 1.82) is 0 Å². The van der Waals surface area contributed by atoms with Crippen molar-refractivity contribution >= 4 is 16.0 Å². The van der Waals surface area contributed by atoms with E-state index in [-0.39, 0.29) is 17.9 Å². The van der Waals surface area contributed by atoms with E-state index in [2.05, 4.69) is 4.98 Å². The number of nitrogens with zero attached hydrogens (tertiary/aromatic N) is 3. The molecule has 2 aromatic rings. The highest BCUT2D eigenvalue weighted by Gasteiger charge is 2.42. The first kappa shape index (κ1) is 19.4. The van der Waals surface area contributed by atoms with Gasteiger partial charge in [0.05, 0.1) is 43.4 Å². The average molecular weight is 393 g/mol. The lowest BCUT2D eigenvalue weighted by molar-refractivity contribution is -0.145. The third-order valence-electron chi connectivity index (χ3n) is 4.68. The van der Waals surface area contributed by atoms with Crippen LogP contribution >= 0.6 is 0 Å². The first-order chi connectivity index (χ1) is 12.9. The molecular formula is C18H23N3O5S. The van der Waals surface area contributed by atoms with Crippen LogP contribution < -0.4 is 4.74 Å². The van der Waals surface area contributed by atoms with Crippen molar-refractivity contribution in [1.82, 2.24) is 13.9 Å². The van der Waals surface area contributed by atoms with E-state index in [1.54, 1.807) is 18.5 Å². The Morgan fingerprint density at radius 1 is 1.26 bits per heavy atom. The lowest BCUT2D eigenvalue weighted by Gasteiger charge is -2.33. The first-order valence-electron chi connectivity index (χ1n) is 8.69. The van der Waals surface area contributed by atoms with Gasteiger partial charge in [0.25, 0.3) is 0 Å². The van der Waals surface area contributed by atoms with Gasteiger partial charge in [-0.15, -0.1) is 0 Å². The van der Waals surface area contributed by atoms with Crippen LogP contribution in [0.1, 0.15) is 24.7 Å². The molecule has 3 rings (SSSR count). The predicted molar refractivity (Wildman–Crippen MR) is 97.7 cm³/mol. The fourth-order valence-corrected chi connectivity index (χ4v) is 4.79. The zero-order valence-corrected chi connectivity index (χ0v) is 16.4. The maximum atomic E-state index is 13.3. The van der Waals surface area contributed by atoms with Gasteiger partial charge in [0, 0.05) is 13.0 Å². The van der Waals surface area contributed by atoms with Crippen LogP contribution in [0.15, 0.2) is 35.5 Å². The molecular weight excluding hydrogens is 370 g/mol. The number of sulfonamides is 1. The average Bonchev–Trinajstić information content (AvgIpc) is 3.08. The Kier molecular flexibility index (Phi) is 5.52. The van der Waals surface area contributed by atoms with Crippen molar-refractivity contribution in [2.24, 2.45) is 0 Å². The molecule has 0 aliphatic carbocycles. The van der Waals surface area contributed by atoms with Crippen LogP contribution in [0, 0.1) is 0 Å². The quantitative estimate of drug-likeness (QED) is 0.692. The molecule has 27 heavy (non-hydrogen) atoms. The Hall–Kier alpha value is -2.39. The molecule has 0 fully saturated rings. The van der Waals surface area contributed by atoms with Gasteiger partial charge in [0.1, 0.15) is 11.8 Å². The summed E-state index contributed by atoms with van der Waals surface area (Å²) in [5, 5.41) is 0. The van der Waals surface area contributed by atoms with Crippen molar-refractivity contribution < 1.29 is 22.7 Å². The van der Waals surface area contributed by atoms with Crippen molar-refractivity contribution in [3.8, 4) is 5.75 Å². The predicted octanol–water partition coefficient (Wildman–Crippen LogP) is 1.59. The van der Waals surface area contributed by atoms with E-state index in [9.17, 15) is 13.2 Å². The van der Waals surface area contributed by atoms with Crippen LogP contribution in [0.4, 0.5) is 0 Å². The Labute approximate surface area is 158 Å². The summed E-state index contributed by atoms with van der Waals surface area (Å²) in [7, 11) is -1.14. The second-order valence-corrected chi connectivity index (χ2v) is 8.19. The number of aryl methyl sites for hydroxylation is 1. The number of benzene rings is 1. The summed E-state index contributed by atoms with van der Waals surface area (Å²) < 4.78 is 39.6. The number of hydrogen-bond acceptors (Lipinski definition) is 6. The maximum absolute atomic E-state index is 13.3. The van der Waals surface area contributed by atoms with E-state index in [4.69, 9.17) is 9.47 Å². The van der Waals surface area contributed by atoms with Gasteiger partial charge >= 0.3 is 5.97 Å². The third-order valence-corrected chi connectivity index (χ3v) is 6.55. The second kappa shape index (κ2) is 7.69. The SMILES string of the molecule is CCCn1cnc2c1CN(S(=O)(=O)c1ccc(OC)cc1)C(C(=O)OC)C2. The highest BCUT2D eigenvalue weighted by atomic mass is 32.2. The van der Waals surface area contributed by atoms with Crippen LogP contribution in [0.25, 0.3) is 0 Å². The van der Waals surface area contributed by atoms with E-state index in [0.717, 1.165) is 24.4 Å². The number of imidazole rings is 1. The molecule has 0 bridgehead atoms. The molecule has 1 aliphatic heterocycles. The molecule has 8 nitrogen and oxygen atoms in total. The normalized spacial score (nSPS) is 17.4. The molecule has 1 aromatic carbocycles. The minimum Gasteiger partial charge on any atom is -0.497 e. The Morgan fingerprint density at radius 2 is 1.96 bits per heavy atom. The standard InChI is InChI=1S/C18H23N3O5S/c1-4-9-20-12-19-15-10-16(18(22)26-3)21(11-17(15)20)27(23,24)14-7-5-13(25-2)6-8-14/h5-8,12,16H,4,9-11H2,1-3H3. The topological polar surface area (TPSA) is 90.7 Å².